The van der Waals surface area contributed by atoms with Crippen LogP contribution < -0.4 is 5.32 Å². The van der Waals surface area contributed by atoms with Crippen LogP contribution in [0.1, 0.15) is 46.7 Å². The Morgan fingerprint density at radius 2 is 2.03 bits per heavy atom. The van der Waals surface area contributed by atoms with Crippen molar-refractivity contribution >= 4 is 16.9 Å². The number of carbonyl (C=O) groups excluding carboxylic acids is 1. The number of benzene rings is 2. The van der Waals surface area contributed by atoms with E-state index in [-0.39, 0.29) is 11.7 Å². The molecule has 178 valence electrons. The number of aryl methyl sites for hydroxylation is 1. The van der Waals surface area contributed by atoms with Crippen molar-refractivity contribution in [3.63, 3.8) is 0 Å². The van der Waals surface area contributed by atoms with Crippen molar-refractivity contribution in [3.8, 4) is 11.1 Å². The summed E-state index contributed by atoms with van der Waals surface area (Å²) in [5.74, 6) is -0.199. The highest BCUT2D eigenvalue weighted by molar-refractivity contribution is 5.85. The molecule has 0 unspecified atom stereocenters. The van der Waals surface area contributed by atoms with Gasteiger partial charge >= 0.3 is 0 Å². The molecule has 6 rings (SSSR count). The SMILES string of the molecule is Cc1c[nH]c2ncc(-c3cc4c(c([C@@H]5CCCN5)c3)CCN(C(=O)Cc3ccc(F)cc3)C4)cc12. The largest absolute Gasteiger partial charge is 0.346 e. The Hall–Kier alpha value is -3.51. The van der Waals surface area contributed by atoms with E-state index in [4.69, 9.17) is 0 Å². The van der Waals surface area contributed by atoms with Gasteiger partial charge in [0, 0.05) is 42.5 Å². The number of aromatic nitrogens is 2. The van der Waals surface area contributed by atoms with E-state index >= 15 is 0 Å². The first-order valence-electron chi connectivity index (χ1n) is 12.4. The zero-order valence-electron chi connectivity index (χ0n) is 19.9. The number of pyridine rings is 1. The molecule has 2 aromatic heterocycles. The summed E-state index contributed by atoms with van der Waals surface area (Å²) in [6.45, 7) is 4.45. The topological polar surface area (TPSA) is 61.0 Å². The molecule has 2 aliphatic rings. The summed E-state index contributed by atoms with van der Waals surface area (Å²) in [4.78, 5) is 22.9. The minimum atomic E-state index is -0.281. The smallest absolute Gasteiger partial charge is 0.227 e. The summed E-state index contributed by atoms with van der Waals surface area (Å²) in [5.41, 5.74) is 9.13. The molecule has 6 heteroatoms. The number of rotatable bonds is 4. The molecule has 2 aromatic carbocycles. The highest BCUT2D eigenvalue weighted by Gasteiger charge is 2.27. The van der Waals surface area contributed by atoms with Crippen molar-refractivity contribution in [1.29, 1.82) is 0 Å². The molecular weight excluding hydrogens is 439 g/mol. The lowest BCUT2D eigenvalue weighted by Crippen LogP contribution is -2.37. The molecule has 1 amide bonds. The fourth-order valence-corrected chi connectivity index (χ4v) is 5.56. The van der Waals surface area contributed by atoms with Gasteiger partial charge in [-0.3, -0.25) is 4.79 Å². The van der Waals surface area contributed by atoms with Crippen molar-refractivity contribution in [1.82, 2.24) is 20.2 Å². The molecule has 1 fully saturated rings. The number of H-pyrrole nitrogens is 1. The zero-order valence-corrected chi connectivity index (χ0v) is 19.9. The van der Waals surface area contributed by atoms with Crippen molar-refractivity contribution in [2.24, 2.45) is 0 Å². The van der Waals surface area contributed by atoms with E-state index in [1.165, 1.54) is 40.8 Å². The van der Waals surface area contributed by atoms with Gasteiger partial charge in [-0.1, -0.05) is 12.1 Å². The van der Waals surface area contributed by atoms with Crippen molar-refractivity contribution < 1.29 is 9.18 Å². The van der Waals surface area contributed by atoms with E-state index in [1.807, 2.05) is 17.3 Å². The van der Waals surface area contributed by atoms with Crippen LogP contribution in [0.2, 0.25) is 0 Å². The highest BCUT2D eigenvalue weighted by atomic mass is 19.1. The lowest BCUT2D eigenvalue weighted by atomic mass is 9.86. The Morgan fingerprint density at radius 3 is 2.83 bits per heavy atom. The fourth-order valence-electron chi connectivity index (χ4n) is 5.56. The molecule has 2 N–H and O–H groups in total. The fraction of sp³-hybridized carbons (Fsp3) is 0.310. The lowest BCUT2D eigenvalue weighted by Gasteiger charge is -2.32. The van der Waals surface area contributed by atoms with Crippen LogP contribution >= 0.6 is 0 Å². The molecule has 0 radical (unpaired) electrons. The first kappa shape index (κ1) is 22.0. The highest BCUT2D eigenvalue weighted by Crippen LogP contribution is 2.36. The average molecular weight is 469 g/mol. The monoisotopic (exact) mass is 468 g/mol. The summed E-state index contributed by atoms with van der Waals surface area (Å²) in [6.07, 6.45) is 7.39. The molecule has 2 aliphatic heterocycles. The molecule has 1 atom stereocenters. The zero-order chi connectivity index (χ0) is 23.9. The number of fused-ring (bicyclic) bond motifs is 2. The predicted octanol–water partition coefficient (Wildman–Crippen LogP) is 5.23. The molecule has 0 spiro atoms. The minimum Gasteiger partial charge on any atom is -0.346 e. The summed E-state index contributed by atoms with van der Waals surface area (Å²) < 4.78 is 13.3. The number of hydrogen-bond donors (Lipinski definition) is 2. The molecule has 35 heavy (non-hydrogen) atoms. The van der Waals surface area contributed by atoms with Crippen LogP contribution in [0.4, 0.5) is 4.39 Å². The summed E-state index contributed by atoms with van der Waals surface area (Å²) >= 11 is 0. The molecule has 0 aliphatic carbocycles. The van der Waals surface area contributed by atoms with Gasteiger partial charge in [-0.15, -0.1) is 0 Å². The number of hydrogen-bond acceptors (Lipinski definition) is 3. The Balaban J connectivity index is 1.35. The van der Waals surface area contributed by atoms with Gasteiger partial charge < -0.3 is 15.2 Å². The third-order valence-corrected chi connectivity index (χ3v) is 7.50. The van der Waals surface area contributed by atoms with E-state index in [0.717, 1.165) is 47.1 Å². The first-order valence-corrected chi connectivity index (χ1v) is 12.4. The molecule has 0 bridgehead atoms. The number of carbonyl (C=O) groups is 1. The lowest BCUT2D eigenvalue weighted by molar-refractivity contribution is -0.131. The quantitative estimate of drug-likeness (QED) is 0.431. The van der Waals surface area contributed by atoms with Crippen LogP contribution in [0.5, 0.6) is 0 Å². The van der Waals surface area contributed by atoms with Crippen LogP contribution in [-0.4, -0.2) is 33.9 Å². The maximum atomic E-state index is 13.3. The third kappa shape index (κ3) is 4.23. The van der Waals surface area contributed by atoms with E-state index in [1.54, 1.807) is 12.1 Å². The van der Waals surface area contributed by atoms with Gasteiger partial charge in [0.25, 0.3) is 0 Å². The second-order valence-corrected chi connectivity index (χ2v) is 9.81. The van der Waals surface area contributed by atoms with E-state index in [9.17, 15) is 9.18 Å². The minimum absolute atomic E-state index is 0.0826. The van der Waals surface area contributed by atoms with E-state index < -0.39 is 0 Å². The molecule has 4 heterocycles. The number of nitrogens with zero attached hydrogens (tertiary/aromatic N) is 2. The normalized spacial score (nSPS) is 17.7. The van der Waals surface area contributed by atoms with Gasteiger partial charge in [0.05, 0.1) is 6.42 Å². The molecule has 1 saturated heterocycles. The van der Waals surface area contributed by atoms with Gasteiger partial charge in [-0.25, -0.2) is 9.37 Å². The second kappa shape index (κ2) is 8.93. The second-order valence-electron chi connectivity index (χ2n) is 9.81. The van der Waals surface area contributed by atoms with Crippen molar-refractivity contribution in [3.05, 3.63) is 88.5 Å². The Bertz CT molecular complexity index is 1400. The van der Waals surface area contributed by atoms with Gasteiger partial charge in [-0.05, 0) is 96.4 Å². The van der Waals surface area contributed by atoms with Crippen LogP contribution in [0.15, 0.2) is 54.9 Å². The molecule has 0 saturated carbocycles. The molecule has 4 aromatic rings. The third-order valence-electron chi connectivity index (χ3n) is 7.50. The van der Waals surface area contributed by atoms with Crippen LogP contribution in [0, 0.1) is 12.7 Å². The van der Waals surface area contributed by atoms with Crippen LogP contribution in [0.25, 0.3) is 22.2 Å². The maximum Gasteiger partial charge on any atom is 0.227 e. The molecular formula is C29H29FN4O. The van der Waals surface area contributed by atoms with Crippen molar-refractivity contribution in [2.45, 2.75) is 45.2 Å². The number of halogens is 1. The van der Waals surface area contributed by atoms with Gasteiger partial charge in [-0.2, -0.15) is 0 Å². The Morgan fingerprint density at radius 1 is 1.17 bits per heavy atom. The first-order chi connectivity index (χ1) is 17.0. The van der Waals surface area contributed by atoms with Crippen LogP contribution in [-0.2, 0) is 24.2 Å². The Labute approximate surface area is 204 Å². The van der Waals surface area contributed by atoms with Crippen molar-refractivity contribution in [2.75, 3.05) is 13.1 Å². The standard InChI is InChI=1S/C29H29FN4O/c1-18-15-32-29-25(18)14-21(16-33-29)20-12-22-17-34(28(35)11-19-4-6-23(30)7-5-19)10-8-24(22)26(13-20)27-3-2-9-31-27/h4-7,12-16,27,31H,2-3,8-11,17H2,1H3,(H,32,33)/t27-/m0/s1. The predicted molar refractivity (Wildman–Crippen MR) is 135 cm³/mol. The molecule has 5 nitrogen and oxygen atoms in total. The Kier molecular flexibility index (Phi) is 5.61. The number of amides is 1. The number of aromatic amines is 1. The number of nitrogens with one attached hydrogen (secondary N) is 2. The van der Waals surface area contributed by atoms with Gasteiger partial charge in [0.15, 0.2) is 0 Å². The maximum absolute atomic E-state index is 13.3. The van der Waals surface area contributed by atoms with Gasteiger partial charge in [0.1, 0.15) is 11.5 Å². The van der Waals surface area contributed by atoms with E-state index in [0.29, 0.717) is 25.6 Å². The van der Waals surface area contributed by atoms with Crippen LogP contribution in [0.3, 0.4) is 0 Å². The van der Waals surface area contributed by atoms with Gasteiger partial charge in [0.2, 0.25) is 5.91 Å². The average Bonchev–Trinajstić information content (AvgIpc) is 3.54. The summed E-state index contributed by atoms with van der Waals surface area (Å²) in [7, 11) is 0. The van der Waals surface area contributed by atoms with E-state index in [2.05, 4.69) is 40.4 Å². The summed E-state index contributed by atoms with van der Waals surface area (Å²) in [5, 5.41) is 4.81. The summed E-state index contributed by atoms with van der Waals surface area (Å²) in [6, 6.07) is 13.4.